The zero-order chi connectivity index (χ0) is 41.7. The van der Waals surface area contributed by atoms with Crippen LogP contribution in [-0.2, 0) is 0 Å². The largest absolute Gasteiger partial charge is 0.309 e. The molecule has 0 spiro atoms. The van der Waals surface area contributed by atoms with E-state index in [2.05, 4.69) is 193 Å². The zero-order valence-electron chi connectivity index (χ0n) is 34.1. The van der Waals surface area contributed by atoms with Crippen LogP contribution in [0.3, 0.4) is 0 Å². The number of pyridine rings is 1. The van der Waals surface area contributed by atoms with Crippen LogP contribution in [0.1, 0.15) is 0 Å². The lowest BCUT2D eigenvalue weighted by atomic mass is 9.96. The molecule has 294 valence electrons. The fourth-order valence-electron chi connectivity index (χ4n) is 8.95. The number of hydrogen-bond acceptors (Lipinski definition) is 4. The summed E-state index contributed by atoms with van der Waals surface area (Å²) in [6.45, 7) is 0. The maximum atomic E-state index is 5.45. The summed E-state index contributed by atoms with van der Waals surface area (Å²) < 4.78 is 2.38. The summed E-state index contributed by atoms with van der Waals surface area (Å²) in [5.74, 6) is 1.88. The third kappa shape index (κ3) is 6.51. The molecule has 0 radical (unpaired) electrons. The quantitative estimate of drug-likeness (QED) is 0.151. The number of benzene rings is 9. The van der Waals surface area contributed by atoms with Crippen molar-refractivity contribution in [2.75, 3.05) is 0 Å². The molecule has 3 aromatic heterocycles. The Balaban J connectivity index is 0.980. The van der Waals surface area contributed by atoms with Crippen LogP contribution in [0, 0.1) is 0 Å². The molecule has 5 nitrogen and oxygen atoms in total. The lowest BCUT2D eigenvalue weighted by Crippen LogP contribution is -2.00. The number of fused-ring (bicyclic) bond motifs is 6. The van der Waals surface area contributed by atoms with E-state index in [1.807, 2.05) is 36.4 Å². The maximum Gasteiger partial charge on any atom is 0.164 e. The molecule has 12 rings (SSSR count). The Morgan fingerprint density at radius 3 is 1.48 bits per heavy atom. The molecule has 0 atom stereocenters. The minimum absolute atomic E-state index is 0.619. The van der Waals surface area contributed by atoms with E-state index >= 15 is 0 Å². The van der Waals surface area contributed by atoms with Crippen molar-refractivity contribution in [2.45, 2.75) is 0 Å². The first-order chi connectivity index (χ1) is 31.2. The summed E-state index contributed by atoms with van der Waals surface area (Å²) >= 11 is 0. The van der Waals surface area contributed by atoms with Gasteiger partial charge in [0.05, 0.1) is 22.2 Å². The molecule has 0 N–H and O–H groups in total. The minimum Gasteiger partial charge on any atom is -0.309 e. The summed E-state index contributed by atoms with van der Waals surface area (Å²) in [5.41, 5.74) is 13.7. The Morgan fingerprint density at radius 2 is 0.762 bits per heavy atom. The van der Waals surface area contributed by atoms with E-state index in [4.69, 9.17) is 19.9 Å². The topological polar surface area (TPSA) is 56.5 Å². The molecule has 0 fully saturated rings. The van der Waals surface area contributed by atoms with Gasteiger partial charge in [-0.05, 0) is 70.1 Å². The van der Waals surface area contributed by atoms with Crippen molar-refractivity contribution in [3.05, 3.63) is 224 Å². The highest BCUT2D eigenvalue weighted by atomic mass is 15.0. The molecule has 0 bridgehead atoms. The third-order valence-electron chi connectivity index (χ3n) is 12.0. The zero-order valence-corrected chi connectivity index (χ0v) is 34.1. The standard InChI is InChI=1S/C58H37N5/c1-5-16-38(17-6-1)43-22-15-23-45(34-43)58-61-56(41-20-9-3-10-21-41)60-57(62-58)42-30-28-39(29-31-42)44-32-33-47-49-37-54-50(36-51(49)55(59-52(47)35-44)40-18-7-2-8-19-40)48-26-13-14-27-53(48)63(54)46-24-11-4-12-25-46/h1-37H. The Hall–Kier alpha value is -8.54. The molecule has 0 unspecified atom stereocenters. The van der Waals surface area contributed by atoms with Gasteiger partial charge >= 0.3 is 0 Å². The molecular formula is C58H37N5. The van der Waals surface area contributed by atoms with E-state index in [0.717, 1.165) is 72.2 Å². The van der Waals surface area contributed by atoms with Crippen molar-refractivity contribution in [1.29, 1.82) is 0 Å². The predicted molar refractivity (Wildman–Crippen MR) is 260 cm³/mol. The summed E-state index contributed by atoms with van der Waals surface area (Å²) in [4.78, 5) is 20.5. The lowest BCUT2D eigenvalue weighted by Gasteiger charge is -2.13. The highest BCUT2D eigenvalue weighted by molar-refractivity contribution is 6.20. The second-order valence-corrected chi connectivity index (χ2v) is 15.9. The van der Waals surface area contributed by atoms with Crippen LogP contribution in [0.4, 0.5) is 0 Å². The highest BCUT2D eigenvalue weighted by Gasteiger charge is 2.19. The first-order valence-electron chi connectivity index (χ1n) is 21.2. The van der Waals surface area contributed by atoms with Gasteiger partial charge in [-0.15, -0.1) is 0 Å². The molecular weight excluding hydrogens is 767 g/mol. The molecule has 0 aliphatic carbocycles. The van der Waals surface area contributed by atoms with E-state index in [0.29, 0.717) is 17.5 Å². The average Bonchev–Trinajstić information content (AvgIpc) is 3.69. The summed E-state index contributed by atoms with van der Waals surface area (Å²) in [6.07, 6.45) is 0. The molecule has 0 amide bonds. The predicted octanol–water partition coefficient (Wildman–Crippen LogP) is 14.7. The van der Waals surface area contributed by atoms with E-state index < -0.39 is 0 Å². The lowest BCUT2D eigenvalue weighted by molar-refractivity contribution is 1.07. The number of rotatable bonds is 7. The number of para-hydroxylation sites is 2. The number of hydrogen-bond donors (Lipinski definition) is 0. The second kappa shape index (κ2) is 15.2. The van der Waals surface area contributed by atoms with Gasteiger partial charge in [-0.25, -0.2) is 19.9 Å². The van der Waals surface area contributed by atoms with Crippen LogP contribution in [-0.4, -0.2) is 24.5 Å². The van der Waals surface area contributed by atoms with Crippen LogP contribution >= 0.6 is 0 Å². The fraction of sp³-hybridized carbons (Fsp3) is 0. The van der Waals surface area contributed by atoms with Crippen molar-refractivity contribution >= 4 is 43.5 Å². The normalized spacial score (nSPS) is 11.5. The van der Waals surface area contributed by atoms with E-state index in [9.17, 15) is 0 Å². The van der Waals surface area contributed by atoms with Gasteiger partial charge in [0.25, 0.3) is 0 Å². The molecule has 0 saturated carbocycles. The van der Waals surface area contributed by atoms with Crippen LogP contribution in [0.25, 0.3) is 117 Å². The highest BCUT2D eigenvalue weighted by Crippen LogP contribution is 2.41. The first-order valence-corrected chi connectivity index (χ1v) is 21.2. The van der Waals surface area contributed by atoms with Crippen LogP contribution in [0.5, 0.6) is 0 Å². The number of nitrogens with zero attached hydrogens (tertiary/aromatic N) is 5. The average molecular weight is 804 g/mol. The Bertz CT molecular complexity index is 3640. The Kier molecular flexibility index (Phi) is 8.75. The van der Waals surface area contributed by atoms with Gasteiger partial charge in [0.15, 0.2) is 17.5 Å². The van der Waals surface area contributed by atoms with Gasteiger partial charge in [0.2, 0.25) is 0 Å². The van der Waals surface area contributed by atoms with E-state index in [1.165, 1.54) is 27.2 Å². The molecule has 12 aromatic rings. The van der Waals surface area contributed by atoms with Crippen LogP contribution < -0.4 is 0 Å². The van der Waals surface area contributed by atoms with Gasteiger partial charge in [0.1, 0.15) is 0 Å². The molecule has 3 heterocycles. The van der Waals surface area contributed by atoms with Gasteiger partial charge < -0.3 is 4.57 Å². The first kappa shape index (κ1) is 36.3. The molecule has 9 aromatic carbocycles. The Labute approximate surface area is 364 Å². The van der Waals surface area contributed by atoms with Gasteiger partial charge in [-0.3, -0.25) is 0 Å². The van der Waals surface area contributed by atoms with Crippen molar-refractivity contribution < 1.29 is 0 Å². The summed E-state index contributed by atoms with van der Waals surface area (Å²) in [6, 6.07) is 78.7. The van der Waals surface area contributed by atoms with Gasteiger partial charge in [0, 0.05) is 49.5 Å². The molecule has 63 heavy (non-hydrogen) atoms. The van der Waals surface area contributed by atoms with E-state index in [1.54, 1.807) is 0 Å². The molecule has 0 aliphatic heterocycles. The second-order valence-electron chi connectivity index (χ2n) is 15.9. The summed E-state index contributed by atoms with van der Waals surface area (Å²) in [7, 11) is 0. The molecule has 0 aliphatic rings. The van der Waals surface area contributed by atoms with Crippen molar-refractivity contribution in [1.82, 2.24) is 24.5 Å². The third-order valence-corrected chi connectivity index (χ3v) is 12.0. The fourth-order valence-corrected chi connectivity index (χ4v) is 8.95. The summed E-state index contributed by atoms with van der Waals surface area (Å²) in [5, 5.41) is 5.84. The van der Waals surface area contributed by atoms with Gasteiger partial charge in [-0.2, -0.15) is 0 Å². The van der Waals surface area contributed by atoms with E-state index in [-0.39, 0.29) is 0 Å². The smallest absolute Gasteiger partial charge is 0.164 e. The van der Waals surface area contributed by atoms with Crippen molar-refractivity contribution in [2.24, 2.45) is 0 Å². The monoisotopic (exact) mass is 803 g/mol. The number of aromatic nitrogens is 5. The SMILES string of the molecule is c1ccc(-c2cccc(-c3nc(-c4ccccc4)nc(-c4ccc(-c5ccc6c(c5)nc(-c5ccccc5)c5cc7c8ccccc8n(-c8ccccc8)c7cc56)cc4)n3)c2)cc1. The minimum atomic E-state index is 0.619. The van der Waals surface area contributed by atoms with Crippen LogP contribution in [0.15, 0.2) is 224 Å². The molecule has 5 heteroatoms. The molecule has 0 saturated heterocycles. The van der Waals surface area contributed by atoms with Crippen molar-refractivity contribution in [3.8, 4) is 73.4 Å². The van der Waals surface area contributed by atoms with Crippen LogP contribution in [0.2, 0.25) is 0 Å². The van der Waals surface area contributed by atoms with Crippen molar-refractivity contribution in [3.63, 3.8) is 0 Å². The van der Waals surface area contributed by atoms with Gasteiger partial charge in [-0.1, -0.05) is 182 Å². The Morgan fingerprint density at radius 1 is 0.254 bits per heavy atom. The maximum absolute atomic E-state index is 5.45.